The smallest absolute Gasteiger partial charge is 0.345 e. The van der Waals surface area contributed by atoms with Crippen LogP contribution in [0.25, 0.3) is 0 Å². The summed E-state index contributed by atoms with van der Waals surface area (Å²) in [6.07, 6.45) is 3.89. The lowest BCUT2D eigenvalue weighted by Gasteiger charge is -2.18. The van der Waals surface area contributed by atoms with Crippen molar-refractivity contribution in [3.05, 3.63) is 52.2 Å². The van der Waals surface area contributed by atoms with Crippen LogP contribution >= 0.6 is 0 Å². The number of nitrogens with one attached hydrogen (secondary N) is 2. The molecule has 0 fully saturated rings. The quantitative estimate of drug-likeness (QED) is 0.444. The Bertz CT molecular complexity index is 808. The van der Waals surface area contributed by atoms with Gasteiger partial charge in [-0.15, -0.1) is 0 Å². The van der Waals surface area contributed by atoms with Gasteiger partial charge in [0.25, 0.3) is 0 Å². The van der Waals surface area contributed by atoms with Gasteiger partial charge in [-0.25, -0.2) is 9.48 Å². The van der Waals surface area contributed by atoms with Crippen LogP contribution in [0, 0.1) is 0 Å². The number of hydrogen-bond donors (Lipinski definition) is 2. The van der Waals surface area contributed by atoms with Gasteiger partial charge in [-0.3, -0.25) is 9.56 Å². The van der Waals surface area contributed by atoms with E-state index < -0.39 is 0 Å². The van der Waals surface area contributed by atoms with Crippen molar-refractivity contribution in [3.8, 4) is 0 Å². The van der Waals surface area contributed by atoms with Gasteiger partial charge in [0.15, 0.2) is 5.96 Å². The van der Waals surface area contributed by atoms with Crippen molar-refractivity contribution in [2.75, 3.05) is 13.1 Å². The van der Waals surface area contributed by atoms with Crippen LogP contribution in [0.2, 0.25) is 0 Å². The van der Waals surface area contributed by atoms with Crippen LogP contribution in [0.3, 0.4) is 0 Å². The van der Waals surface area contributed by atoms with Crippen LogP contribution in [0.1, 0.15) is 50.5 Å². The predicted molar refractivity (Wildman–Crippen MR) is 108 cm³/mol. The van der Waals surface area contributed by atoms with E-state index in [9.17, 15) is 4.79 Å². The molecule has 1 aromatic heterocycles. The molecule has 0 aliphatic carbocycles. The highest BCUT2D eigenvalue weighted by molar-refractivity contribution is 5.80. The Kier molecular flexibility index (Phi) is 6.68. The number of hydrogen-bond acceptors (Lipinski definition) is 3. The van der Waals surface area contributed by atoms with Gasteiger partial charge >= 0.3 is 5.69 Å². The van der Waals surface area contributed by atoms with E-state index in [1.807, 2.05) is 22.8 Å². The Morgan fingerprint density at radius 2 is 2.11 bits per heavy atom. The first-order valence-corrected chi connectivity index (χ1v) is 9.95. The zero-order valence-corrected chi connectivity index (χ0v) is 16.3. The Morgan fingerprint density at radius 3 is 2.85 bits per heavy atom. The Morgan fingerprint density at radius 1 is 1.30 bits per heavy atom. The molecular formula is C20H30N6O. The molecule has 7 nitrogen and oxygen atoms in total. The van der Waals surface area contributed by atoms with Gasteiger partial charge in [0.1, 0.15) is 5.82 Å². The van der Waals surface area contributed by atoms with Gasteiger partial charge in [0, 0.05) is 32.6 Å². The average molecular weight is 371 g/mol. The minimum atomic E-state index is 0.0245. The summed E-state index contributed by atoms with van der Waals surface area (Å²) in [4.78, 5) is 17.0. The Labute approximate surface area is 160 Å². The summed E-state index contributed by atoms with van der Waals surface area (Å²) < 4.78 is 3.42. The van der Waals surface area contributed by atoms with Crippen molar-refractivity contribution in [2.45, 2.75) is 58.7 Å². The highest BCUT2D eigenvalue weighted by Gasteiger charge is 2.16. The lowest BCUT2D eigenvalue weighted by Crippen LogP contribution is -2.38. The average Bonchev–Trinajstić information content (AvgIpc) is 3.02. The lowest BCUT2D eigenvalue weighted by molar-refractivity contribution is 0.509. The van der Waals surface area contributed by atoms with Crippen molar-refractivity contribution < 1.29 is 0 Å². The van der Waals surface area contributed by atoms with Gasteiger partial charge in [-0.2, -0.15) is 5.10 Å². The van der Waals surface area contributed by atoms with E-state index >= 15 is 0 Å². The van der Waals surface area contributed by atoms with Crippen LogP contribution in [0.5, 0.6) is 0 Å². The summed E-state index contributed by atoms with van der Waals surface area (Å²) in [5, 5.41) is 11.2. The van der Waals surface area contributed by atoms with Crippen LogP contribution < -0.4 is 16.3 Å². The van der Waals surface area contributed by atoms with Crippen molar-refractivity contribution in [3.63, 3.8) is 0 Å². The molecule has 146 valence electrons. The number of rotatable bonds is 7. The second kappa shape index (κ2) is 9.39. The van der Waals surface area contributed by atoms with E-state index in [0.717, 1.165) is 50.6 Å². The van der Waals surface area contributed by atoms with Gasteiger partial charge in [-0.05, 0) is 38.7 Å². The van der Waals surface area contributed by atoms with Crippen LogP contribution in [0.4, 0.5) is 0 Å². The molecule has 0 bridgehead atoms. The molecule has 2 N–H and O–H groups in total. The summed E-state index contributed by atoms with van der Waals surface area (Å²) in [6, 6.07) is 10.5. The van der Waals surface area contributed by atoms with Gasteiger partial charge in [-0.1, -0.05) is 30.3 Å². The molecule has 1 aromatic carbocycles. The summed E-state index contributed by atoms with van der Waals surface area (Å²) in [6.45, 7) is 7.04. The summed E-state index contributed by atoms with van der Waals surface area (Å²) >= 11 is 0. The molecular weight excluding hydrogens is 340 g/mol. The van der Waals surface area contributed by atoms with Gasteiger partial charge < -0.3 is 10.6 Å². The number of aryl methyl sites for hydroxylation is 2. The maximum atomic E-state index is 12.3. The number of aliphatic imine (C=N–C) groups is 1. The summed E-state index contributed by atoms with van der Waals surface area (Å²) in [5.41, 5.74) is 1.25. The van der Waals surface area contributed by atoms with Crippen molar-refractivity contribution in [1.29, 1.82) is 0 Å². The summed E-state index contributed by atoms with van der Waals surface area (Å²) in [5.74, 6) is 1.73. The zero-order valence-electron chi connectivity index (χ0n) is 16.3. The highest BCUT2D eigenvalue weighted by Crippen LogP contribution is 2.11. The van der Waals surface area contributed by atoms with E-state index in [-0.39, 0.29) is 11.7 Å². The third-order valence-electron chi connectivity index (χ3n) is 4.83. The van der Waals surface area contributed by atoms with Crippen LogP contribution in [-0.4, -0.2) is 33.4 Å². The van der Waals surface area contributed by atoms with Crippen molar-refractivity contribution in [1.82, 2.24) is 25.0 Å². The highest BCUT2D eigenvalue weighted by atomic mass is 16.2. The number of benzene rings is 1. The van der Waals surface area contributed by atoms with Gasteiger partial charge in [0.2, 0.25) is 0 Å². The SMILES string of the molecule is CCNC(=NCCCn1nc2n(c1=O)CCCC2)NC(C)c1ccccc1. The first kappa shape index (κ1) is 19.2. The molecule has 1 atom stereocenters. The Hall–Kier alpha value is -2.57. The Balaban J connectivity index is 1.54. The van der Waals surface area contributed by atoms with E-state index in [1.165, 1.54) is 5.56 Å². The van der Waals surface area contributed by atoms with E-state index in [2.05, 4.69) is 46.7 Å². The second-order valence-corrected chi connectivity index (χ2v) is 6.92. The molecule has 2 aromatic rings. The minimum absolute atomic E-state index is 0.0245. The fraction of sp³-hybridized carbons (Fsp3) is 0.550. The molecule has 0 spiro atoms. The predicted octanol–water partition coefficient (Wildman–Crippen LogP) is 2.09. The molecule has 3 rings (SSSR count). The van der Waals surface area contributed by atoms with Crippen LogP contribution in [-0.2, 0) is 19.5 Å². The molecule has 27 heavy (non-hydrogen) atoms. The van der Waals surface area contributed by atoms with Crippen molar-refractivity contribution in [2.24, 2.45) is 4.99 Å². The van der Waals surface area contributed by atoms with E-state index in [0.29, 0.717) is 13.1 Å². The summed E-state index contributed by atoms with van der Waals surface area (Å²) in [7, 11) is 0. The molecule has 7 heteroatoms. The number of guanidine groups is 1. The monoisotopic (exact) mass is 370 g/mol. The third-order valence-corrected chi connectivity index (χ3v) is 4.83. The molecule has 0 saturated heterocycles. The van der Waals surface area contributed by atoms with Crippen molar-refractivity contribution >= 4 is 5.96 Å². The molecule has 1 unspecified atom stereocenters. The minimum Gasteiger partial charge on any atom is -0.357 e. The molecule has 0 radical (unpaired) electrons. The van der Waals surface area contributed by atoms with E-state index in [4.69, 9.17) is 0 Å². The van der Waals surface area contributed by atoms with Gasteiger partial charge in [0.05, 0.1) is 6.04 Å². The fourth-order valence-corrected chi connectivity index (χ4v) is 3.36. The number of nitrogens with zero attached hydrogens (tertiary/aromatic N) is 4. The molecule has 0 amide bonds. The maximum Gasteiger partial charge on any atom is 0.345 e. The largest absolute Gasteiger partial charge is 0.357 e. The van der Waals surface area contributed by atoms with E-state index in [1.54, 1.807) is 4.68 Å². The maximum absolute atomic E-state index is 12.3. The zero-order chi connectivity index (χ0) is 19.1. The lowest BCUT2D eigenvalue weighted by atomic mass is 10.1. The van der Waals surface area contributed by atoms with Crippen LogP contribution in [0.15, 0.2) is 40.1 Å². The number of aromatic nitrogens is 3. The first-order chi connectivity index (χ1) is 13.2. The molecule has 0 saturated carbocycles. The topological polar surface area (TPSA) is 76.2 Å². The normalized spacial score (nSPS) is 15.3. The molecule has 2 heterocycles. The number of fused-ring (bicyclic) bond motifs is 1. The standard InChI is InChI=1S/C20H30N6O/c1-3-21-19(23-16(2)17-10-5-4-6-11-17)22-13-9-15-26-20(27)25-14-8-7-12-18(25)24-26/h4-6,10-11,16H,3,7-9,12-15H2,1-2H3,(H2,21,22,23). The first-order valence-electron chi connectivity index (χ1n) is 9.95. The molecule has 1 aliphatic rings. The fourth-order valence-electron chi connectivity index (χ4n) is 3.36. The third kappa shape index (κ3) is 4.99. The second-order valence-electron chi connectivity index (χ2n) is 6.92. The molecule has 1 aliphatic heterocycles.